The topological polar surface area (TPSA) is 9.23 Å². The van der Waals surface area contributed by atoms with Gasteiger partial charge >= 0.3 is 0 Å². The van der Waals surface area contributed by atoms with Crippen LogP contribution >= 0.6 is 0 Å². The Morgan fingerprint density at radius 1 is 0.875 bits per heavy atom. The van der Waals surface area contributed by atoms with E-state index in [0.29, 0.717) is 17.8 Å². The Balaban J connectivity index is 3.40. The number of rotatable bonds is 7. The van der Waals surface area contributed by atoms with Gasteiger partial charge in [-0.05, 0) is 66.4 Å². The van der Waals surface area contributed by atoms with Crippen LogP contribution in [-0.4, -0.2) is 0 Å². The Labute approximate surface area is 149 Å². The van der Waals surface area contributed by atoms with E-state index in [1.807, 2.05) is 19.3 Å². The van der Waals surface area contributed by atoms with Gasteiger partial charge in [-0.3, -0.25) is 0 Å². The van der Waals surface area contributed by atoms with Gasteiger partial charge in [0, 0.05) is 0 Å². The van der Waals surface area contributed by atoms with E-state index in [1.165, 1.54) is 22.3 Å². The van der Waals surface area contributed by atoms with Crippen LogP contribution in [0.15, 0.2) is 36.1 Å². The zero-order valence-corrected chi connectivity index (χ0v) is 17.1. The van der Waals surface area contributed by atoms with Gasteiger partial charge in [-0.15, -0.1) is 0 Å². The highest BCUT2D eigenvalue weighted by atomic mass is 16.5. The van der Waals surface area contributed by atoms with Crippen LogP contribution in [-0.2, 0) is 4.74 Å². The molecule has 1 rings (SSSR count). The van der Waals surface area contributed by atoms with E-state index in [4.69, 9.17) is 4.74 Å². The van der Waals surface area contributed by atoms with E-state index in [-0.39, 0.29) is 6.10 Å². The summed E-state index contributed by atoms with van der Waals surface area (Å²) in [6.45, 7) is 19.9. The number of benzene rings is 1. The third kappa shape index (κ3) is 5.26. The summed E-state index contributed by atoms with van der Waals surface area (Å²) in [7, 11) is 0. The van der Waals surface area contributed by atoms with Gasteiger partial charge in [-0.25, -0.2) is 0 Å². The number of allylic oxidation sites excluding steroid dienone is 3. The number of ether oxygens (including phenoxy) is 1. The molecule has 0 aliphatic heterocycles. The van der Waals surface area contributed by atoms with Gasteiger partial charge in [0.25, 0.3) is 0 Å². The van der Waals surface area contributed by atoms with Crippen LogP contribution in [0.4, 0.5) is 0 Å². The van der Waals surface area contributed by atoms with Crippen molar-refractivity contribution >= 4 is 0 Å². The zero-order valence-electron chi connectivity index (χ0n) is 17.1. The van der Waals surface area contributed by atoms with Crippen LogP contribution in [0.5, 0.6) is 0 Å². The summed E-state index contributed by atoms with van der Waals surface area (Å²) in [6, 6.07) is 4.78. The molecule has 0 aliphatic rings. The Bertz CT molecular complexity index is 559. The lowest BCUT2D eigenvalue weighted by Crippen LogP contribution is -2.10. The fourth-order valence-electron chi connectivity index (χ4n) is 3.06. The summed E-state index contributed by atoms with van der Waals surface area (Å²) in [6.07, 6.45) is 6.05. The van der Waals surface area contributed by atoms with Crippen LogP contribution in [0, 0.1) is 0 Å². The molecule has 0 unspecified atom stereocenters. The van der Waals surface area contributed by atoms with E-state index >= 15 is 0 Å². The fraction of sp³-hybridized carbons (Fsp3) is 0.565. The third-order valence-electron chi connectivity index (χ3n) is 4.47. The molecular weight excluding hydrogens is 292 g/mol. The molecule has 1 aromatic carbocycles. The Morgan fingerprint density at radius 3 is 1.75 bits per heavy atom. The summed E-state index contributed by atoms with van der Waals surface area (Å²) in [5.74, 6) is 1.52. The highest BCUT2D eigenvalue weighted by molar-refractivity contribution is 5.45. The van der Waals surface area contributed by atoms with Crippen molar-refractivity contribution in [1.82, 2.24) is 0 Å². The van der Waals surface area contributed by atoms with Gasteiger partial charge in [0.2, 0.25) is 0 Å². The number of hydrogen-bond acceptors (Lipinski definition) is 1. The molecule has 0 bridgehead atoms. The van der Waals surface area contributed by atoms with E-state index in [9.17, 15) is 0 Å². The first-order valence-corrected chi connectivity index (χ1v) is 9.31. The minimum atomic E-state index is 0.0567. The first-order valence-electron chi connectivity index (χ1n) is 9.31. The molecule has 0 saturated heterocycles. The lowest BCUT2D eigenvalue weighted by molar-refractivity contribution is 0.160. The molecule has 0 spiro atoms. The molecule has 1 aromatic rings. The van der Waals surface area contributed by atoms with Crippen molar-refractivity contribution in [2.24, 2.45) is 0 Å². The maximum Gasteiger partial charge on any atom is 0.121 e. The van der Waals surface area contributed by atoms with Crippen LogP contribution in [0.3, 0.4) is 0 Å². The highest BCUT2D eigenvalue weighted by Gasteiger charge is 2.21. The molecule has 0 saturated carbocycles. The Kier molecular flexibility index (Phi) is 7.79. The molecule has 24 heavy (non-hydrogen) atoms. The van der Waals surface area contributed by atoms with E-state index in [2.05, 4.69) is 73.6 Å². The molecule has 0 aliphatic carbocycles. The van der Waals surface area contributed by atoms with E-state index < -0.39 is 0 Å². The summed E-state index contributed by atoms with van der Waals surface area (Å²) in [5.41, 5.74) is 6.79. The first-order chi connectivity index (χ1) is 11.2. The average molecular weight is 329 g/mol. The molecule has 0 N–H and O–H groups in total. The number of hydrogen-bond donors (Lipinski definition) is 0. The van der Waals surface area contributed by atoms with Gasteiger partial charge in [0.05, 0.1) is 6.26 Å². The van der Waals surface area contributed by atoms with Crippen LogP contribution in [0.1, 0.15) is 108 Å². The Hall–Kier alpha value is -1.50. The van der Waals surface area contributed by atoms with Gasteiger partial charge in [0.15, 0.2) is 0 Å². The molecule has 0 aromatic heterocycles. The average Bonchev–Trinajstić information content (AvgIpc) is 2.51. The van der Waals surface area contributed by atoms with E-state index in [1.54, 1.807) is 0 Å². The molecule has 0 radical (unpaired) electrons. The van der Waals surface area contributed by atoms with Gasteiger partial charge < -0.3 is 4.74 Å². The zero-order chi connectivity index (χ0) is 18.4. The molecule has 0 heterocycles. The van der Waals surface area contributed by atoms with Crippen LogP contribution in [0.2, 0.25) is 0 Å². The van der Waals surface area contributed by atoms with Gasteiger partial charge in [0.1, 0.15) is 6.10 Å². The second-order valence-electron chi connectivity index (χ2n) is 7.72. The van der Waals surface area contributed by atoms with Crippen molar-refractivity contribution in [1.29, 1.82) is 0 Å². The largest absolute Gasteiger partial charge is 0.493 e. The normalized spacial score (nSPS) is 14.2. The monoisotopic (exact) mass is 328 g/mol. The van der Waals surface area contributed by atoms with Crippen molar-refractivity contribution in [3.8, 4) is 0 Å². The minimum Gasteiger partial charge on any atom is -0.493 e. The van der Waals surface area contributed by atoms with Crippen molar-refractivity contribution in [3.05, 3.63) is 58.4 Å². The fourth-order valence-corrected chi connectivity index (χ4v) is 3.06. The first kappa shape index (κ1) is 20.5. The third-order valence-corrected chi connectivity index (χ3v) is 4.47. The van der Waals surface area contributed by atoms with E-state index in [0.717, 1.165) is 5.57 Å². The summed E-state index contributed by atoms with van der Waals surface area (Å²) in [5, 5.41) is 0. The predicted molar refractivity (Wildman–Crippen MR) is 107 cm³/mol. The minimum absolute atomic E-state index is 0.0567. The Morgan fingerprint density at radius 2 is 1.38 bits per heavy atom. The van der Waals surface area contributed by atoms with Crippen molar-refractivity contribution in [3.63, 3.8) is 0 Å². The second-order valence-corrected chi connectivity index (χ2v) is 7.72. The predicted octanol–water partition coefficient (Wildman–Crippen LogP) is 7.61. The smallest absolute Gasteiger partial charge is 0.121 e. The lowest BCUT2D eigenvalue weighted by Gasteiger charge is -2.26. The van der Waals surface area contributed by atoms with Crippen LogP contribution < -0.4 is 0 Å². The van der Waals surface area contributed by atoms with Crippen molar-refractivity contribution in [2.45, 2.75) is 86.2 Å². The van der Waals surface area contributed by atoms with Gasteiger partial charge in [-0.2, -0.15) is 0 Å². The van der Waals surface area contributed by atoms with Gasteiger partial charge in [-0.1, -0.05) is 65.8 Å². The van der Waals surface area contributed by atoms with Crippen LogP contribution in [0.25, 0.3) is 0 Å². The molecule has 1 atom stereocenters. The standard InChI is InChI=1S/C23H36O/c1-10-11-18(8)14-24-19(9)23-21(16(4)5)12-20(15(2)3)13-22(23)17(6)7/h10-17,19H,1-9H3/b11-10+,18-14+/t19-/m0/s1. The lowest BCUT2D eigenvalue weighted by atomic mass is 9.82. The van der Waals surface area contributed by atoms with Crippen molar-refractivity contribution < 1.29 is 4.74 Å². The summed E-state index contributed by atoms with van der Waals surface area (Å²) in [4.78, 5) is 0. The van der Waals surface area contributed by atoms with Crippen molar-refractivity contribution in [2.75, 3.05) is 0 Å². The quantitative estimate of drug-likeness (QED) is 0.369. The second kappa shape index (κ2) is 9.11. The molecule has 1 heteroatoms. The summed E-state index contributed by atoms with van der Waals surface area (Å²) >= 11 is 0. The maximum atomic E-state index is 6.11. The molecular formula is C23H36O. The SMILES string of the molecule is C/C=C/C(C)=C/O[C@@H](C)c1c(C(C)C)cc(C(C)C)cc1C(C)C. The molecule has 134 valence electrons. The molecule has 0 amide bonds. The highest BCUT2D eigenvalue weighted by Crippen LogP contribution is 2.37. The maximum absolute atomic E-state index is 6.11. The summed E-state index contributed by atoms with van der Waals surface area (Å²) < 4.78 is 6.11. The molecule has 1 nitrogen and oxygen atoms in total. The molecule has 0 fully saturated rings.